The van der Waals surface area contributed by atoms with Crippen molar-refractivity contribution in [3.8, 4) is 0 Å². The summed E-state index contributed by atoms with van der Waals surface area (Å²) >= 11 is 0. The lowest BCUT2D eigenvalue weighted by Crippen LogP contribution is -2.22. The molecule has 3 nitrogen and oxygen atoms in total. The molecule has 1 aromatic carbocycles. The Labute approximate surface area is 109 Å². The van der Waals surface area contributed by atoms with E-state index in [0.717, 1.165) is 5.82 Å². The van der Waals surface area contributed by atoms with Crippen molar-refractivity contribution in [3.05, 3.63) is 52.6 Å². The van der Waals surface area contributed by atoms with E-state index in [1.54, 1.807) is 0 Å². The van der Waals surface area contributed by atoms with Crippen molar-refractivity contribution in [3.63, 3.8) is 0 Å². The molecule has 0 spiro atoms. The van der Waals surface area contributed by atoms with Crippen LogP contribution in [0.5, 0.6) is 0 Å². The van der Waals surface area contributed by atoms with E-state index in [4.69, 9.17) is 0 Å². The highest BCUT2D eigenvalue weighted by molar-refractivity contribution is 5.40. The first kappa shape index (κ1) is 12.8. The SMILES string of the molecule is CNC(c1cc(C)c(C)cc1C)c1nccn1C. The zero-order chi connectivity index (χ0) is 13.3. The number of hydrogen-bond donors (Lipinski definition) is 1. The van der Waals surface area contributed by atoms with Crippen LogP contribution in [0.2, 0.25) is 0 Å². The lowest BCUT2D eigenvalue weighted by molar-refractivity contribution is 0.614. The molecule has 0 saturated carbocycles. The number of nitrogens with one attached hydrogen (secondary N) is 1. The molecule has 1 N–H and O–H groups in total. The van der Waals surface area contributed by atoms with Gasteiger partial charge in [-0.15, -0.1) is 0 Å². The monoisotopic (exact) mass is 243 g/mol. The molecular weight excluding hydrogens is 222 g/mol. The van der Waals surface area contributed by atoms with Gasteiger partial charge >= 0.3 is 0 Å². The van der Waals surface area contributed by atoms with Crippen LogP contribution in [0.25, 0.3) is 0 Å². The minimum absolute atomic E-state index is 0.143. The second-order valence-corrected chi connectivity index (χ2v) is 4.91. The molecule has 0 fully saturated rings. The van der Waals surface area contributed by atoms with Gasteiger partial charge in [0.05, 0.1) is 6.04 Å². The van der Waals surface area contributed by atoms with Crippen molar-refractivity contribution in [1.29, 1.82) is 0 Å². The first-order valence-corrected chi connectivity index (χ1v) is 6.26. The van der Waals surface area contributed by atoms with E-state index in [1.807, 2.05) is 26.5 Å². The average molecular weight is 243 g/mol. The Bertz CT molecular complexity index is 555. The Balaban J connectivity index is 2.52. The Morgan fingerprint density at radius 1 is 1.11 bits per heavy atom. The predicted octanol–water partition coefficient (Wildman–Crippen LogP) is 2.65. The van der Waals surface area contributed by atoms with E-state index in [2.05, 4.69) is 47.8 Å². The number of rotatable bonds is 3. The molecule has 96 valence electrons. The summed E-state index contributed by atoms with van der Waals surface area (Å²) < 4.78 is 2.07. The summed E-state index contributed by atoms with van der Waals surface area (Å²) in [5, 5.41) is 3.37. The molecule has 18 heavy (non-hydrogen) atoms. The lowest BCUT2D eigenvalue weighted by atomic mass is 9.95. The molecule has 2 aromatic rings. The highest BCUT2D eigenvalue weighted by Crippen LogP contribution is 2.25. The maximum atomic E-state index is 4.46. The Kier molecular flexibility index (Phi) is 3.53. The molecular formula is C15H21N3. The van der Waals surface area contributed by atoms with E-state index in [9.17, 15) is 0 Å². The maximum Gasteiger partial charge on any atom is 0.130 e. The van der Waals surface area contributed by atoms with Gasteiger partial charge in [-0.25, -0.2) is 4.98 Å². The lowest BCUT2D eigenvalue weighted by Gasteiger charge is -2.20. The molecule has 1 atom stereocenters. The van der Waals surface area contributed by atoms with Crippen LogP contribution in [0.1, 0.15) is 34.1 Å². The van der Waals surface area contributed by atoms with Crippen LogP contribution in [0, 0.1) is 20.8 Å². The molecule has 3 heteroatoms. The highest BCUT2D eigenvalue weighted by Gasteiger charge is 2.18. The number of aryl methyl sites for hydroxylation is 4. The fourth-order valence-electron chi connectivity index (χ4n) is 2.37. The fourth-order valence-corrected chi connectivity index (χ4v) is 2.37. The zero-order valence-electron chi connectivity index (χ0n) is 11.8. The maximum absolute atomic E-state index is 4.46. The molecule has 0 saturated heterocycles. The standard InChI is InChI=1S/C15H21N3/c1-10-8-12(3)13(9-11(10)2)14(16-4)15-17-6-7-18(15)5/h6-9,14,16H,1-5H3. The average Bonchev–Trinajstić information content (AvgIpc) is 2.73. The number of imidazole rings is 1. The second-order valence-electron chi connectivity index (χ2n) is 4.91. The van der Waals surface area contributed by atoms with Crippen LogP contribution in [0.3, 0.4) is 0 Å². The summed E-state index contributed by atoms with van der Waals surface area (Å²) in [6.45, 7) is 6.47. The van der Waals surface area contributed by atoms with E-state index < -0.39 is 0 Å². The summed E-state index contributed by atoms with van der Waals surface area (Å²) in [6.07, 6.45) is 3.83. The predicted molar refractivity (Wildman–Crippen MR) is 74.8 cm³/mol. The number of nitrogens with zero attached hydrogens (tertiary/aromatic N) is 2. The summed E-state index contributed by atoms with van der Waals surface area (Å²) in [5.41, 5.74) is 5.27. The van der Waals surface area contributed by atoms with E-state index in [-0.39, 0.29) is 6.04 Å². The van der Waals surface area contributed by atoms with Crippen LogP contribution in [0.4, 0.5) is 0 Å². The quantitative estimate of drug-likeness (QED) is 0.898. The van der Waals surface area contributed by atoms with E-state index in [0.29, 0.717) is 0 Å². The molecule has 1 heterocycles. The van der Waals surface area contributed by atoms with Gasteiger partial charge in [0.25, 0.3) is 0 Å². The highest BCUT2D eigenvalue weighted by atomic mass is 15.1. The fraction of sp³-hybridized carbons (Fsp3) is 0.400. The first-order valence-electron chi connectivity index (χ1n) is 6.26. The second kappa shape index (κ2) is 4.94. The van der Waals surface area contributed by atoms with Gasteiger partial charge in [-0.3, -0.25) is 0 Å². The van der Waals surface area contributed by atoms with Gasteiger partial charge in [0.2, 0.25) is 0 Å². The van der Waals surface area contributed by atoms with Gasteiger partial charge in [-0.05, 0) is 50.1 Å². The van der Waals surface area contributed by atoms with E-state index >= 15 is 0 Å². The third-order valence-electron chi connectivity index (χ3n) is 3.60. The molecule has 0 aliphatic rings. The van der Waals surface area contributed by atoms with Crippen LogP contribution in [-0.4, -0.2) is 16.6 Å². The van der Waals surface area contributed by atoms with Gasteiger partial charge in [-0.2, -0.15) is 0 Å². The van der Waals surface area contributed by atoms with Crippen LogP contribution in [0.15, 0.2) is 24.5 Å². The van der Waals surface area contributed by atoms with Crippen LogP contribution in [-0.2, 0) is 7.05 Å². The Morgan fingerprint density at radius 2 is 1.78 bits per heavy atom. The Morgan fingerprint density at radius 3 is 2.33 bits per heavy atom. The van der Waals surface area contributed by atoms with Crippen molar-refractivity contribution in [2.24, 2.45) is 7.05 Å². The van der Waals surface area contributed by atoms with Crippen molar-refractivity contribution in [2.45, 2.75) is 26.8 Å². The number of aromatic nitrogens is 2. The summed E-state index contributed by atoms with van der Waals surface area (Å²) in [7, 11) is 4.01. The van der Waals surface area contributed by atoms with Gasteiger partial charge in [-0.1, -0.05) is 12.1 Å². The Hall–Kier alpha value is -1.61. The molecule has 0 radical (unpaired) electrons. The summed E-state index contributed by atoms with van der Waals surface area (Å²) in [5.74, 6) is 1.05. The molecule has 0 aliphatic carbocycles. The van der Waals surface area contributed by atoms with Crippen molar-refractivity contribution in [1.82, 2.24) is 14.9 Å². The largest absolute Gasteiger partial charge is 0.336 e. The molecule has 2 rings (SSSR count). The first-order chi connectivity index (χ1) is 8.54. The molecule has 0 bridgehead atoms. The normalized spacial score (nSPS) is 12.7. The van der Waals surface area contributed by atoms with E-state index in [1.165, 1.54) is 22.3 Å². The number of hydrogen-bond acceptors (Lipinski definition) is 2. The van der Waals surface area contributed by atoms with Gasteiger partial charge in [0.15, 0.2) is 0 Å². The number of benzene rings is 1. The van der Waals surface area contributed by atoms with Crippen molar-refractivity contribution in [2.75, 3.05) is 7.05 Å². The van der Waals surface area contributed by atoms with Gasteiger partial charge in [0.1, 0.15) is 5.82 Å². The summed E-state index contributed by atoms with van der Waals surface area (Å²) in [6, 6.07) is 4.66. The third kappa shape index (κ3) is 2.18. The van der Waals surface area contributed by atoms with Crippen molar-refractivity contribution < 1.29 is 0 Å². The zero-order valence-corrected chi connectivity index (χ0v) is 11.8. The topological polar surface area (TPSA) is 29.9 Å². The third-order valence-corrected chi connectivity index (χ3v) is 3.60. The summed E-state index contributed by atoms with van der Waals surface area (Å²) in [4.78, 5) is 4.46. The van der Waals surface area contributed by atoms with Gasteiger partial charge in [0, 0.05) is 19.4 Å². The molecule has 0 amide bonds. The molecule has 1 unspecified atom stereocenters. The minimum Gasteiger partial charge on any atom is -0.336 e. The van der Waals surface area contributed by atoms with Crippen LogP contribution < -0.4 is 5.32 Å². The smallest absolute Gasteiger partial charge is 0.130 e. The van der Waals surface area contributed by atoms with Crippen molar-refractivity contribution >= 4 is 0 Å². The molecule has 0 aliphatic heterocycles. The molecule has 1 aromatic heterocycles. The van der Waals surface area contributed by atoms with Crippen LogP contribution >= 0.6 is 0 Å². The minimum atomic E-state index is 0.143. The van der Waals surface area contributed by atoms with Gasteiger partial charge < -0.3 is 9.88 Å².